The lowest BCUT2D eigenvalue weighted by atomic mass is 10.0. The first-order valence-corrected chi connectivity index (χ1v) is 5.63. The van der Waals surface area contributed by atoms with Crippen molar-refractivity contribution in [3.8, 4) is 0 Å². The summed E-state index contributed by atoms with van der Waals surface area (Å²) in [4.78, 5) is 7.62. The molecule has 2 heterocycles. The Morgan fingerprint density at radius 2 is 1.93 bits per heavy atom. The van der Waals surface area contributed by atoms with Gasteiger partial charge in [-0.15, -0.1) is 0 Å². The number of H-pyrrole nitrogens is 1. The maximum atomic E-state index is 4.42. The van der Waals surface area contributed by atoms with Crippen LogP contribution in [0.3, 0.4) is 0 Å². The summed E-state index contributed by atoms with van der Waals surface area (Å²) >= 11 is 0. The molecule has 0 saturated carbocycles. The predicted octanol–water partition coefficient (Wildman–Crippen LogP) is 4.27. The zero-order valence-electron chi connectivity index (χ0n) is 10.3. The Bertz CT molecular complexity index is 432. The summed E-state index contributed by atoms with van der Waals surface area (Å²) in [5, 5.41) is 1.25. The first kappa shape index (κ1) is 11.8. The average Bonchev–Trinajstić information content (AvgIpc) is 2.63. The Hall–Kier alpha value is -1.31. The monoisotopic (exact) mass is 206 g/mol. The SMILES string of the molecule is CC.Cc1ccc2c(C(C)C)c[nH]c2n1.[HH]. The first-order valence-electron chi connectivity index (χ1n) is 5.63. The van der Waals surface area contributed by atoms with Crippen LogP contribution in [0.15, 0.2) is 18.3 Å². The molecule has 0 aliphatic heterocycles. The molecule has 2 nitrogen and oxygen atoms in total. The molecule has 0 aromatic carbocycles. The van der Waals surface area contributed by atoms with Gasteiger partial charge < -0.3 is 4.98 Å². The third-order valence-electron chi connectivity index (χ3n) is 2.33. The molecule has 2 heteroatoms. The van der Waals surface area contributed by atoms with Crippen LogP contribution in [0.2, 0.25) is 0 Å². The molecule has 2 rings (SSSR count). The molecule has 0 radical (unpaired) electrons. The van der Waals surface area contributed by atoms with Crippen LogP contribution in [0.25, 0.3) is 11.0 Å². The summed E-state index contributed by atoms with van der Waals surface area (Å²) in [5.41, 5.74) is 3.41. The van der Waals surface area contributed by atoms with Crippen LogP contribution in [0.5, 0.6) is 0 Å². The zero-order valence-corrected chi connectivity index (χ0v) is 10.3. The van der Waals surface area contributed by atoms with Crippen LogP contribution in [-0.2, 0) is 0 Å². The van der Waals surface area contributed by atoms with Gasteiger partial charge in [-0.05, 0) is 30.5 Å². The zero-order chi connectivity index (χ0) is 11.4. The van der Waals surface area contributed by atoms with Crippen molar-refractivity contribution in [2.75, 3.05) is 0 Å². The van der Waals surface area contributed by atoms with Gasteiger partial charge in [-0.3, -0.25) is 0 Å². The molecule has 0 aliphatic carbocycles. The summed E-state index contributed by atoms with van der Waals surface area (Å²) in [7, 11) is 0. The second-order valence-corrected chi connectivity index (χ2v) is 3.75. The van der Waals surface area contributed by atoms with Gasteiger partial charge in [0.05, 0.1) is 0 Å². The van der Waals surface area contributed by atoms with Crippen LogP contribution in [0.1, 0.15) is 46.3 Å². The third kappa shape index (κ3) is 2.38. The number of fused-ring (bicyclic) bond motifs is 1. The number of rotatable bonds is 1. The Balaban J connectivity index is 0.000000711. The normalized spacial score (nSPS) is 10.3. The van der Waals surface area contributed by atoms with Gasteiger partial charge in [0.1, 0.15) is 5.65 Å². The number of nitrogens with zero attached hydrogens (tertiary/aromatic N) is 1. The molecular weight excluding hydrogens is 184 g/mol. The van der Waals surface area contributed by atoms with Crippen LogP contribution in [0, 0.1) is 6.92 Å². The summed E-state index contributed by atoms with van der Waals surface area (Å²) < 4.78 is 0. The van der Waals surface area contributed by atoms with E-state index >= 15 is 0 Å². The smallest absolute Gasteiger partial charge is 0.137 e. The molecule has 1 N–H and O–H groups in total. The molecule has 0 saturated heterocycles. The van der Waals surface area contributed by atoms with Gasteiger partial charge in [0, 0.05) is 18.7 Å². The van der Waals surface area contributed by atoms with Crippen molar-refractivity contribution in [1.29, 1.82) is 0 Å². The second-order valence-electron chi connectivity index (χ2n) is 3.75. The number of aryl methyl sites for hydroxylation is 1. The summed E-state index contributed by atoms with van der Waals surface area (Å²) in [6.45, 7) is 10.4. The van der Waals surface area contributed by atoms with E-state index in [2.05, 4.69) is 42.1 Å². The molecular formula is C13H22N2. The van der Waals surface area contributed by atoms with E-state index in [9.17, 15) is 0 Å². The molecule has 0 atom stereocenters. The molecule has 15 heavy (non-hydrogen) atoms. The Kier molecular flexibility index (Phi) is 3.89. The van der Waals surface area contributed by atoms with E-state index in [0.717, 1.165) is 11.3 Å². The minimum Gasteiger partial charge on any atom is -0.346 e. The number of hydrogen-bond donors (Lipinski definition) is 1. The van der Waals surface area contributed by atoms with Crippen LogP contribution in [0.4, 0.5) is 0 Å². The van der Waals surface area contributed by atoms with Crippen molar-refractivity contribution in [1.82, 2.24) is 9.97 Å². The van der Waals surface area contributed by atoms with E-state index in [1.54, 1.807) is 0 Å². The quantitative estimate of drug-likeness (QED) is 0.741. The van der Waals surface area contributed by atoms with Crippen molar-refractivity contribution in [2.45, 2.75) is 40.5 Å². The number of aromatic amines is 1. The minimum absolute atomic E-state index is 0. The van der Waals surface area contributed by atoms with E-state index in [4.69, 9.17) is 0 Å². The molecule has 0 unspecified atom stereocenters. The highest BCUT2D eigenvalue weighted by Gasteiger charge is 2.07. The van der Waals surface area contributed by atoms with Gasteiger partial charge in [-0.2, -0.15) is 0 Å². The molecule has 2 aromatic rings. The molecule has 0 bridgehead atoms. The van der Waals surface area contributed by atoms with Crippen molar-refractivity contribution in [2.24, 2.45) is 0 Å². The second kappa shape index (κ2) is 4.96. The van der Waals surface area contributed by atoms with E-state index in [-0.39, 0.29) is 1.43 Å². The fraction of sp³-hybridized carbons (Fsp3) is 0.462. The number of pyridine rings is 1. The van der Waals surface area contributed by atoms with E-state index < -0.39 is 0 Å². The molecule has 2 aromatic heterocycles. The van der Waals surface area contributed by atoms with E-state index in [1.807, 2.05) is 20.8 Å². The van der Waals surface area contributed by atoms with Gasteiger partial charge >= 0.3 is 0 Å². The maximum absolute atomic E-state index is 4.42. The summed E-state index contributed by atoms with van der Waals surface area (Å²) in [5.74, 6) is 0.554. The first-order chi connectivity index (χ1) is 7.18. The number of nitrogens with one attached hydrogen (secondary N) is 1. The Morgan fingerprint density at radius 3 is 2.53 bits per heavy atom. The highest BCUT2D eigenvalue weighted by atomic mass is 14.8. The highest BCUT2D eigenvalue weighted by Crippen LogP contribution is 2.23. The van der Waals surface area contributed by atoms with Crippen LogP contribution >= 0.6 is 0 Å². The molecule has 0 aliphatic rings. The van der Waals surface area contributed by atoms with Gasteiger partial charge in [0.2, 0.25) is 0 Å². The van der Waals surface area contributed by atoms with E-state index in [1.165, 1.54) is 10.9 Å². The third-order valence-corrected chi connectivity index (χ3v) is 2.33. The predicted molar refractivity (Wildman–Crippen MR) is 68.4 cm³/mol. The summed E-state index contributed by atoms with van der Waals surface area (Å²) in [6, 6.07) is 4.20. The van der Waals surface area contributed by atoms with Crippen molar-refractivity contribution >= 4 is 11.0 Å². The lowest BCUT2D eigenvalue weighted by molar-refractivity contribution is 0.875. The van der Waals surface area contributed by atoms with Gasteiger partial charge in [0.15, 0.2) is 0 Å². The van der Waals surface area contributed by atoms with Crippen molar-refractivity contribution < 1.29 is 1.43 Å². The van der Waals surface area contributed by atoms with Gasteiger partial charge in [0.25, 0.3) is 0 Å². The molecule has 0 spiro atoms. The van der Waals surface area contributed by atoms with Crippen molar-refractivity contribution in [3.05, 3.63) is 29.6 Å². The minimum atomic E-state index is 0. The number of hydrogen-bond acceptors (Lipinski definition) is 1. The summed E-state index contributed by atoms with van der Waals surface area (Å²) in [6.07, 6.45) is 2.06. The lowest BCUT2D eigenvalue weighted by Crippen LogP contribution is -1.85. The highest BCUT2D eigenvalue weighted by molar-refractivity contribution is 5.80. The standard InChI is InChI=1S/C11H14N2.C2H6.H2/c1-7(2)10-6-12-11-9(10)5-4-8(3)13-11;1-2;/h4-7H,1-3H3,(H,12,13);1-2H3;1H. The fourth-order valence-electron chi connectivity index (χ4n) is 1.60. The van der Waals surface area contributed by atoms with Gasteiger partial charge in [-0.25, -0.2) is 4.98 Å². The topological polar surface area (TPSA) is 28.7 Å². The number of aromatic nitrogens is 2. The molecule has 0 amide bonds. The van der Waals surface area contributed by atoms with Crippen LogP contribution in [-0.4, -0.2) is 9.97 Å². The lowest BCUT2D eigenvalue weighted by Gasteiger charge is -2.01. The Labute approximate surface area is 93.2 Å². The largest absolute Gasteiger partial charge is 0.346 e. The van der Waals surface area contributed by atoms with E-state index in [0.29, 0.717) is 5.92 Å². The van der Waals surface area contributed by atoms with Crippen LogP contribution < -0.4 is 0 Å². The molecule has 0 fully saturated rings. The maximum Gasteiger partial charge on any atom is 0.137 e. The fourth-order valence-corrected chi connectivity index (χ4v) is 1.60. The van der Waals surface area contributed by atoms with Gasteiger partial charge in [-0.1, -0.05) is 27.7 Å². The van der Waals surface area contributed by atoms with Crippen molar-refractivity contribution in [3.63, 3.8) is 0 Å². The molecule has 84 valence electrons. The average molecular weight is 206 g/mol. The Morgan fingerprint density at radius 1 is 1.27 bits per heavy atom.